The second kappa shape index (κ2) is 15.2. The monoisotopic (exact) mass is 290 g/mol. The van der Waals surface area contributed by atoms with Crippen molar-refractivity contribution in [2.45, 2.75) is 71.5 Å². The molecule has 0 bridgehead atoms. The van der Waals surface area contributed by atoms with E-state index in [0.717, 1.165) is 45.1 Å². The van der Waals surface area contributed by atoms with Gasteiger partial charge in [-0.3, -0.25) is 0 Å². The van der Waals surface area contributed by atoms with E-state index in [-0.39, 0.29) is 18.8 Å². The van der Waals surface area contributed by atoms with E-state index in [1.54, 1.807) is 0 Å². The van der Waals surface area contributed by atoms with Crippen LogP contribution in [0, 0.1) is 0 Å². The van der Waals surface area contributed by atoms with E-state index < -0.39 is 0 Å². The van der Waals surface area contributed by atoms with Crippen LogP contribution in [-0.2, 0) is 14.2 Å². The number of hydrogen-bond acceptors (Lipinski definition) is 4. The molecule has 0 aromatic heterocycles. The third kappa shape index (κ3) is 10.6. The summed E-state index contributed by atoms with van der Waals surface area (Å²) in [5, 5.41) is 9.49. The molecule has 0 rings (SSSR count). The molecule has 0 fully saturated rings. The summed E-state index contributed by atoms with van der Waals surface area (Å²) in [6.45, 7) is 9.01. The molecular weight excluding hydrogens is 256 g/mol. The SMILES string of the molecule is CCCCOCC(OCCCC)C(CO)OCCCC. The molecule has 0 heterocycles. The van der Waals surface area contributed by atoms with Gasteiger partial charge in [0.15, 0.2) is 0 Å². The molecule has 0 saturated carbocycles. The number of aliphatic hydroxyl groups is 1. The molecule has 4 heteroatoms. The lowest BCUT2D eigenvalue weighted by atomic mass is 10.2. The van der Waals surface area contributed by atoms with E-state index in [1.807, 2.05) is 0 Å². The zero-order valence-electron chi connectivity index (χ0n) is 13.6. The van der Waals surface area contributed by atoms with Crippen LogP contribution in [0.3, 0.4) is 0 Å². The molecule has 2 unspecified atom stereocenters. The van der Waals surface area contributed by atoms with Crippen molar-refractivity contribution >= 4 is 0 Å². The summed E-state index contributed by atoms with van der Waals surface area (Å²) in [5.74, 6) is 0. The Morgan fingerprint density at radius 2 is 1.25 bits per heavy atom. The largest absolute Gasteiger partial charge is 0.394 e. The van der Waals surface area contributed by atoms with Gasteiger partial charge in [-0.25, -0.2) is 0 Å². The number of unbranched alkanes of at least 4 members (excludes halogenated alkanes) is 3. The maximum absolute atomic E-state index is 9.49. The van der Waals surface area contributed by atoms with Gasteiger partial charge >= 0.3 is 0 Å². The third-order valence-electron chi connectivity index (χ3n) is 3.18. The van der Waals surface area contributed by atoms with E-state index in [2.05, 4.69) is 20.8 Å². The van der Waals surface area contributed by atoms with Crippen LogP contribution in [0.25, 0.3) is 0 Å². The fraction of sp³-hybridized carbons (Fsp3) is 1.00. The second-order valence-electron chi connectivity index (χ2n) is 5.14. The van der Waals surface area contributed by atoms with Crippen molar-refractivity contribution in [3.63, 3.8) is 0 Å². The molecule has 4 nitrogen and oxygen atoms in total. The second-order valence-corrected chi connectivity index (χ2v) is 5.14. The molecule has 0 amide bonds. The Hall–Kier alpha value is -0.160. The van der Waals surface area contributed by atoms with E-state index in [1.165, 1.54) is 0 Å². The van der Waals surface area contributed by atoms with Crippen LogP contribution in [0.2, 0.25) is 0 Å². The van der Waals surface area contributed by atoms with Crippen molar-refractivity contribution in [2.75, 3.05) is 33.0 Å². The van der Waals surface area contributed by atoms with Gasteiger partial charge in [0.05, 0.1) is 13.2 Å². The molecule has 2 atom stereocenters. The van der Waals surface area contributed by atoms with Crippen LogP contribution in [0.1, 0.15) is 59.3 Å². The van der Waals surface area contributed by atoms with Crippen molar-refractivity contribution < 1.29 is 19.3 Å². The van der Waals surface area contributed by atoms with Crippen molar-refractivity contribution in [2.24, 2.45) is 0 Å². The van der Waals surface area contributed by atoms with Crippen LogP contribution >= 0.6 is 0 Å². The quantitative estimate of drug-likeness (QED) is 0.471. The van der Waals surface area contributed by atoms with Gasteiger partial charge in [0, 0.05) is 19.8 Å². The molecule has 0 spiro atoms. The molecule has 0 aromatic rings. The topological polar surface area (TPSA) is 47.9 Å². The molecular formula is C16H34O4. The highest BCUT2D eigenvalue weighted by Gasteiger charge is 2.22. The van der Waals surface area contributed by atoms with Crippen molar-refractivity contribution in [1.29, 1.82) is 0 Å². The lowest BCUT2D eigenvalue weighted by Crippen LogP contribution is -2.39. The van der Waals surface area contributed by atoms with Gasteiger partial charge in [0.1, 0.15) is 12.2 Å². The van der Waals surface area contributed by atoms with Gasteiger partial charge in [-0.2, -0.15) is 0 Å². The summed E-state index contributed by atoms with van der Waals surface area (Å²) in [7, 11) is 0. The maximum atomic E-state index is 9.49. The standard InChI is InChI=1S/C16H34O4/c1-4-7-10-18-14-16(20-12-9-6-3)15(13-17)19-11-8-5-2/h15-17H,4-14H2,1-3H3. The Morgan fingerprint density at radius 1 is 0.750 bits per heavy atom. The smallest absolute Gasteiger partial charge is 0.109 e. The molecule has 0 aliphatic carbocycles. The molecule has 0 radical (unpaired) electrons. The van der Waals surface area contributed by atoms with Crippen molar-refractivity contribution in [1.82, 2.24) is 0 Å². The highest BCUT2D eigenvalue weighted by atomic mass is 16.6. The summed E-state index contributed by atoms with van der Waals surface area (Å²) in [5.41, 5.74) is 0. The number of rotatable bonds is 15. The van der Waals surface area contributed by atoms with Crippen LogP contribution < -0.4 is 0 Å². The molecule has 0 aromatic carbocycles. The Bertz CT molecular complexity index is 187. The maximum Gasteiger partial charge on any atom is 0.109 e. The van der Waals surface area contributed by atoms with Crippen LogP contribution in [0.5, 0.6) is 0 Å². The van der Waals surface area contributed by atoms with Crippen molar-refractivity contribution in [3.05, 3.63) is 0 Å². The summed E-state index contributed by atoms with van der Waals surface area (Å²) in [6.07, 6.45) is 5.96. The first-order valence-corrected chi connectivity index (χ1v) is 8.21. The summed E-state index contributed by atoms with van der Waals surface area (Å²) < 4.78 is 17.2. The molecule has 1 N–H and O–H groups in total. The van der Waals surface area contributed by atoms with E-state index >= 15 is 0 Å². The minimum absolute atomic E-state index is 0.0162. The van der Waals surface area contributed by atoms with E-state index in [9.17, 15) is 5.11 Å². The Balaban J connectivity index is 4.13. The number of hydrogen-bond donors (Lipinski definition) is 1. The van der Waals surface area contributed by atoms with E-state index in [0.29, 0.717) is 19.8 Å². The molecule has 122 valence electrons. The van der Waals surface area contributed by atoms with Gasteiger partial charge in [0.25, 0.3) is 0 Å². The fourth-order valence-corrected chi connectivity index (χ4v) is 1.74. The minimum atomic E-state index is -0.278. The number of ether oxygens (including phenoxy) is 3. The molecule has 0 aliphatic heterocycles. The average Bonchev–Trinajstić information content (AvgIpc) is 2.47. The Morgan fingerprint density at radius 3 is 1.75 bits per heavy atom. The predicted octanol–water partition coefficient (Wildman–Crippen LogP) is 3.17. The van der Waals surface area contributed by atoms with E-state index in [4.69, 9.17) is 14.2 Å². The lowest BCUT2D eigenvalue weighted by Gasteiger charge is -2.26. The Kier molecular flexibility index (Phi) is 15.1. The zero-order chi connectivity index (χ0) is 15.1. The summed E-state index contributed by atoms with van der Waals surface area (Å²) in [4.78, 5) is 0. The zero-order valence-corrected chi connectivity index (χ0v) is 13.6. The highest BCUT2D eigenvalue weighted by molar-refractivity contribution is 4.70. The van der Waals surface area contributed by atoms with Crippen LogP contribution in [0.15, 0.2) is 0 Å². The minimum Gasteiger partial charge on any atom is -0.394 e. The first-order chi connectivity index (χ1) is 9.79. The summed E-state index contributed by atoms with van der Waals surface area (Å²) in [6, 6.07) is 0. The van der Waals surface area contributed by atoms with Gasteiger partial charge < -0.3 is 19.3 Å². The van der Waals surface area contributed by atoms with Gasteiger partial charge in [0.2, 0.25) is 0 Å². The van der Waals surface area contributed by atoms with Crippen LogP contribution in [0.4, 0.5) is 0 Å². The Labute approximate surface area is 124 Å². The lowest BCUT2D eigenvalue weighted by molar-refractivity contribution is -0.119. The fourth-order valence-electron chi connectivity index (χ4n) is 1.74. The first kappa shape index (κ1) is 19.8. The first-order valence-electron chi connectivity index (χ1n) is 8.21. The predicted molar refractivity (Wildman–Crippen MR) is 82.1 cm³/mol. The highest BCUT2D eigenvalue weighted by Crippen LogP contribution is 2.08. The summed E-state index contributed by atoms with van der Waals surface area (Å²) >= 11 is 0. The van der Waals surface area contributed by atoms with Gasteiger partial charge in [-0.05, 0) is 19.3 Å². The third-order valence-corrected chi connectivity index (χ3v) is 3.18. The molecule has 0 saturated heterocycles. The van der Waals surface area contributed by atoms with Gasteiger partial charge in [-0.15, -0.1) is 0 Å². The molecule has 0 aliphatic rings. The average molecular weight is 290 g/mol. The van der Waals surface area contributed by atoms with Crippen molar-refractivity contribution in [3.8, 4) is 0 Å². The van der Waals surface area contributed by atoms with Crippen LogP contribution in [-0.4, -0.2) is 50.3 Å². The molecule has 20 heavy (non-hydrogen) atoms. The number of aliphatic hydroxyl groups excluding tert-OH is 1. The van der Waals surface area contributed by atoms with Gasteiger partial charge in [-0.1, -0.05) is 40.0 Å². The normalized spacial score (nSPS) is 14.4.